The lowest BCUT2D eigenvalue weighted by Crippen LogP contribution is -2.53. The van der Waals surface area contributed by atoms with Crippen LogP contribution in [-0.2, 0) is 19.1 Å². The first kappa shape index (κ1) is 14.9. The topological polar surface area (TPSA) is 84.9 Å². The molecule has 0 saturated carbocycles. The molecule has 0 aliphatic carbocycles. The predicted molar refractivity (Wildman–Crippen MR) is 64.2 cm³/mol. The van der Waals surface area contributed by atoms with Gasteiger partial charge in [-0.3, -0.25) is 9.59 Å². The maximum Gasteiger partial charge on any atom is 0.305 e. The molecule has 1 unspecified atom stereocenters. The van der Waals surface area contributed by atoms with Crippen molar-refractivity contribution in [2.45, 2.75) is 31.7 Å². The summed E-state index contributed by atoms with van der Waals surface area (Å²) in [6.45, 7) is 3.02. The zero-order chi connectivity index (χ0) is 13.6. The third-order valence-corrected chi connectivity index (χ3v) is 3.02. The third kappa shape index (κ3) is 4.62. The number of carbonyl (C=O) groups excluding carboxylic acids is 1. The highest BCUT2D eigenvalue weighted by molar-refractivity contribution is 5.80. The predicted octanol–water partition coefficient (Wildman–Crippen LogP) is 0.409. The summed E-state index contributed by atoms with van der Waals surface area (Å²) in [6.07, 6.45) is 1.21. The van der Waals surface area contributed by atoms with Gasteiger partial charge < -0.3 is 19.9 Å². The molecule has 0 aromatic rings. The van der Waals surface area contributed by atoms with Gasteiger partial charge in [0.1, 0.15) is 0 Å². The Labute approximate surface area is 107 Å². The maximum atomic E-state index is 12.1. The molecule has 1 saturated heterocycles. The Hall–Kier alpha value is -1.14. The van der Waals surface area contributed by atoms with Crippen molar-refractivity contribution >= 4 is 11.9 Å². The minimum Gasteiger partial charge on any atom is -0.481 e. The summed E-state index contributed by atoms with van der Waals surface area (Å²) in [6, 6.07) is 0. The van der Waals surface area contributed by atoms with Crippen LogP contribution in [0.1, 0.15) is 26.2 Å². The van der Waals surface area contributed by atoms with Gasteiger partial charge in [-0.2, -0.15) is 0 Å². The summed E-state index contributed by atoms with van der Waals surface area (Å²) < 4.78 is 10.2. The standard InChI is InChI=1S/C12H21NO5/c1-12(8-17-2,7-10(14)15)13-11(16)9-3-5-18-6-4-9/h9H,3-8H2,1-2H3,(H,13,16)(H,14,15). The van der Waals surface area contributed by atoms with Crippen molar-refractivity contribution in [3.05, 3.63) is 0 Å². The number of carboxylic acids is 1. The minimum absolute atomic E-state index is 0.0938. The van der Waals surface area contributed by atoms with Gasteiger partial charge in [-0.15, -0.1) is 0 Å². The highest BCUT2D eigenvalue weighted by atomic mass is 16.5. The fourth-order valence-corrected chi connectivity index (χ4v) is 2.14. The molecule has 0 bridgehead atoms. The zero-order valence-electron chi connectivity index (χ0n) is 10.9. The van der Waals surface area contributed by atoms with E-state index < -0.39 is 11.5 Å². The summed E-state index contributed by atoms with van der Waals surface area (Å²) in [4.78, 5) is 22.9. The van der Waals surface area contributed by atoms with Gasteiger partial charge in [0.15, 0.2) is 0 Å². The van der Waals surface area contributed by atoms with Crippen LogP contribution in [0.4, 0.5) is 0 Å². The SMILES string of the molecule is COCC(C)(CC(=O)O)NC(=O)C1CCOCC1. The molecule has 2 N–H and O–H groups in total. The lowest BCUT2D eigenvalue weighted by atomic mass is 9.94. The number of aliphatic carboxylic acids is 1. The molecule has 1 aliphatic heterocycles. The molecule has 1 amide bonds. The first-order valence-corrected chi connectivity index (χ1v) is 6.07. The molecule has 0 spiro atoms. The molecule has 6 heteroatoms. The van der Waals surface area contributed by atoms with Gasteiger partial charge in [0, 0.05) is 26.2 Å². The molecule has 104 valence electrons. The second-order valence-electron chi connectivity index (χ2n) is 4.94. The lowest BCUT2D eigenvalue weighted by molar-refractivity contribution is -0.140. The number of carbonyl (C=O) groups is 2. The maximum absolute atomic E-state index is 12.1. The molecule has 1 atom stereocenters. The Bertz CT molecular complexity index is 301. The van der Waals surface area contributed by atoms with Gasteiger partial charge in [-0.1, -0.05) is 0 Å². The Morgan fingerprint density at radius 1 is 1.44 bits per heavy atom. The van der Waals surface area contributed by atoms with Crippen molar-refractivity contribution < 1.29 is 24.2 Å². The molecule has 0 aromatic heterocycles. The molecule has 1 rings (SSSR count). The molecule has 0 aromatic carbocycles. The molecule has 0 radical (unpaired) electrons. The van der Waals surface area contributed by atoms with E-state index in [0.717, 1.165) is 0 Å². The zero-order valence-corrected chi connectivity index (χ0v) is 10.9. The van der Waals surface area contributed by atoms with Gasteiger partial charge in [-0.25, -0.2) is 0 Å². The van der Waals surface area contributed by atoms with Crippen LogP contribution in [0.2, 0.25) is 0 Å². The monoisotopic (exact) mass is 259 g/mol. The molecule has 18 heavy (non-hydrogen) atoms. The molecular formula is C12H21NO5. The summed E-state index contributed by atoms with van der Waals surface area (Å²) >= 11 is 0. The normalized spacial score (nSPS) is 20.1. The highest BCUT2D eigenvalue weighted by Crippen LogP contribution is 2.18. The number of amides is 1. The van der Waals surface area contributed by atoms with Gasteiger partial charge in [-0.05, 0) is 19.8 Å². The number of methoxy groups -OCH3 is 1. The number of hydrogen-bond donors (Lipinski definition) is 2. The Morgan fingerprint density at radius 2 is 2.06 bits per heavy atom. The van der Waals surface area contributed by atoms with Gasteiger partial charge >= 0.3 is 5.97 Å². The van der Waals surface area contributed by atoms with E-state index in [1.807, 2.05) is 0 Å². The van der Waals surface area contributed by atoms with E-state index in [4.69, 9.17) is 14.6 Å². The van der Waals surface area contributed by atoms with E-state index in [0.29, 0.717) is 26.1 Å². The second kappa shape index (κ2) is 6.70. The Morgan fingerprint density at radius 3 is 2.56 bits per heavy atom. The van der Waals surface area contributed by atoms with Crippen LogP contribution in [0.5, 0.6) is 0 Å². The largest absolute Gasteiger partial charge is 0.481 e. The number of nitrogens with one attached hydrogen (secondary N) is 1. The van der Waals surface area contributed by atoms with E-state index in [1.54, 1.807) is 6.92 Å². The quantitative estimate of drug-likeness (QED) is 0.721. The number of carboxylic acid groups (broad SMARTS) is 1. The Kier molecular flexibility index (Phi) is 5.55. The van der Waals surface area contributed by atoms with E-state index in [1.165, 1.54) is 7.11 Å². The molecule has 1 heterocycles. The third-order valence-electron chi connectivity index (χ3n) is 3.02. The number of ether oxygens (including phenoxy) is 2. The van der Waals surface area contributed by atoms with E-state index in [9.17, 15) is 9.59 Å². The van der Waals surface area contributed by atoms with Crippen LogP contribution in [-0.4, -0.2) is 49.5 Å². The summed E-state index contributed by atoms with van der Waals surface area (Å²) in [5, 5.41) is 11.7. The summed E-state index contributed by atoms with van der Waals surface area (Å²) in [5.41, 5.74) is -0.865. The van der Waals surface area contributed by atoms with Crippen molar-refractivity contribution in [2.24, 2.45) is 5.92 Å². The molecule has 6 nitrogen and oxygen atoms in total. The van der Waals surface area contributed by atoms with Crippen molar-refractivity contribution in [1.29, 1.82) is 0 Å². The van der Waals surface area contributed by atoms with Crippen LogP contribution < -0.4 is 5.32 Å². The lowest BCUT2D eigenvalue weighted by Gasteiger charge is -2.31. The molecular weight excluding hydrogens is 238 g/mol. The first-order chi connectivity index (χ1) is 8.47. The average Bonchev–Trinajstić information content (AvgIpc) is 2.28. The van der Waals surface area contributed by atoms with E-state index in [-0.39, 0.29) is 24.9 Å². The van der Waals surface area contributed by atoms with Gasteiger partial charge in [0.05, 0.1) is 18.6 Å². The van der Waals surface area contributed by atoms with E-state index >= 15 is 0 Å². The van der Waals surface area contributed by atoms with Crippen LogP contribution in [0, 0.1) is 5.92 Å². The highest BCUT2D eigenvalue weighted by Gasteiger charge is 2.32. The fraction of sp³-hybridized carbons (Fsp3) is 0.833. The first-order valence-electron chi connectivity index (χ1n) is 6.07. The summed E-state index contributed by atoms with van der Waals surface area (Å²) in [7, 11) is 1.49. The van der Waals surface area contributed by atoms with Gasteiger partial charge in [0.25, 0.3) is 0 Å². The van der Waals surface area contributed by atoms with Crippen LogP contribution in [0.25, 0.3) is 0 Å². The average molecular weight is 259 g/mol. The fourth-order valence-electron chi connectivity index (χ4n) is 2.14. The van der Waals surface area contributed by atoms with E-state index in [2.05, 4.69) is 5.32 Å². The van der Waals surface area contributed by atoms with Crippen LogP contribution in [0.15, 0.2) is 0 Å². The Balaban J connectivity index is 2.58. The van der Waals surface area contributed by atoms with Crippen molar-refractivity contribution in [3.63, 3.8) is 0 Å². The van der Waals surface area contributed by atoms with Crippen LogP contribution in [0.3, 0.4) is 0 Å². The van der Waals surface area contributed by atoms with Crippen molar-refractivity contribution in [2.75, 3.05) is 26.9 Å². The van der Waals surface area contributed by atoms with Crippen molar-refractivity contribution in [3.8, 4) is 0 Å². The number of hydrogen-bond acceptors (Lipinski definition) is 4. The smallest absolute Gasteiger partial charge is 0.305 e. The second-order valence-corrected chi connectivity index (χ2v) is 4.94. The van der Waals surface area contributed by atoms with Gasteiger partial charge in [0.2, 0.25) is 5.91 Å². The summed E-state index contributed by atoms with van der Waals surface area (Å²) in [5.74, 6) is -1.16. The van der Waals surface area contributed by atoms with Crippen molar-refractivity contribution in [1.82, 2.24) is 5.32 Å². The minimum atomic E-state index is -0.957. The van der Waals surface area contributed by atoms with Crippen LogP contribution >= 0.6 is 0 Å². The molecule has 1 fully saturated rings. The molecule has 1 aliphatic rings. The number of rotatable bonds is 6.